The van der Waals surface area contributed by atoms with E-state index in [1.165, 1.54) is 0 Å². The van der Waals surface area contributed by atoms with Crippen molar-refractivity contribution >= 4 is 36.2 Å². The molecule has 0 amide bonds. The average molecular weight is 355 g/mol. The Morgan fingerprint density at radius 3 is 1.15 bits per heavy atom. The van der Waals surface area contributed by atoms with Crippen LogP contribution in [-0.2, 0) is 25.3 Å². The van der Waals surface area contributed by atoms with Crippen molar-refractivity contribution in [2.75, 3.05) is 0 Å². The lowest BCUT2D eigenvalue weighted by Gasteiger charge is -2.39. The molecule has 2 radical (unpaired) electrons. The first-order valence-electron chi connectivity index (χ1n) is 6.82. The maximum atomic E-state index is 6.01. The summed E-state index contributed by atoms with van der Waals surface area (Å²) in [5.41, 5.74) is 0. The Morgan fingerprint density at radius 1 is 0.700 bits per heavy atom. The van der Waals surface area contributed by atoms with Gasteiger partial charge in [0.15, 0.2) is 0 Å². The van der Waals surface area contributed by atoms with Crippen molar-refractivity contribution in [1.82, 2.24) is 0 Å². The maximum Gasteiger partial charge on any atom is 0.479 e. The van der Waals surface area contributed by atoms with E-state index >= 15 is 0 Å². The Bertz CT molecular complexity index is 274. The highest BCUT2D eigenvalue weighted by Gasteiger charge is 2.50. The van der Waals surface area contributed by atoms with Gasteiger partial charge in [0, 0.05) is 25.3 Å². The predicted molar refractivity (Wildman–Crippen MR) is 83.3 cm³/mol. The summed E-state index contributed by atoms with van der Waals surface area (Å²) in [4.78, 5) is 0. The fraction of sp³-hybridized carbons (Fsp3) is 1.00. The topological polar surface area (TPSA) is 55.4 Å². The van der Waals surface area contributed by atoms with E-state index in [9.17, 15) is 0 Å². The Morgan fingerprint density at radius 2 is 0.950 bits per heavy atom. The Kier molecular flexibility index (Phi) is 6.78. The summed E-state index contributed by atoms with van der Waals surface area (Å²) in [7, 11) is -8.48. The second-order valence-corrected chi connectivity index (χ2v) is 14.6. The van der Waals surface area contributed by atoms with Crippen LogP contribution >= 0.6 is 0 Å². The van der Waals surface area contributed by atoms with E-state index in [4.69, 9.17) is 25.3 Å². The zero-order chi connectivity index (χ0) is 15.6. The Labute approximate surface area is 128 Å². The average Bonchev–Trinajstić information content (AvgIpc) is 2.08. The van der Waals surface area contributed by atoms with E-state index in [2.05, 4.69) is 0 Å². The molecule has 1 rings (SSSR count). The molecule has 6 nitrogen and oxygen atoms in total. The van der Waals surface area contributed by atoms with Crippen molar-refractivity contribution in [2.45, 2.75) is 66.1 Å². The fourth-order valence-corrected chi connectivity index (χ4v) is 15.1. The molecule has 0 aromatic rings. The quantitative estimate of drug-likeness (QED) is 0.722. The normalized spacial score (nSPS) is 34.5. The van der Waals surface area contributed by atoms with Gasteiger partial charge >= 0.3 is 36.2 Å². The van der Waals surface area contributed by atoms with Gasteiger partial charge in [-0.05, 0) is 40.8 Å². The smallest absolute Gasteiger partial charge is 0.393 e. The van der Waals surface area contributed by atoms with Crippen LogP contribution in [0, 0.1) is 0 Å². The minimum Gasteiger partial charge on any atom is -0.393 e. The summed E-state index contributed by atoms with van der Waals surface area (Å²) < 4.78 is 35.8. The molecule has 0 aromatic carbocycles. The second-order valence-electron chi connectivity index (χ2n) is 5.45. The van der Waals surface area contributed by atoms with Gasteiger partial charge in [-0.1, -0.05) is 0 Å². The molecule has 0 spiro atoms. The highest BCUT2D eigenvalue weighted by molar-refractivity contribution is 6.81. The van der Waals surface area contributed by atoms with Crippen LogP contribution in [0.25, 0.3) is 0 Å². The summed E-state index contributed by atoms with van der Waals surface area (Å²) in [6.07, 6.45) is 0.0949. The summed E-state index contributed by atoms with van der Waals surface area (Å²) in [5, 5.41) is 0. The molecule has 10 heteroatoms. The minimum atomic E-state index is -2.70. The highest BCUT2D eigenvalue weighted by atomic mass is 28.5. The molecule has 1 aliphatic heterocycles. The molecule has 1 heterocycles. The molecule has 118 valence electrons. The Hall–Kier alpha value is 0.628. The second kappa shape index (κ2) is 7.26. The van der Waals surface area contributed by atoms with E-state index in [1.807, 2.05) is 53.9 Å². The van der Waals surface area contributed by atoms with Crippen LogP contribution in [0.5, 0.6) is 0 Å². The van der Waals surface area contributed by atoms with Gasteiger partial charge in [0.2, 0.25) is 0 Å². The van der Waals surface area contributed by atoms with E-state index in [0.29, 0.717) is 0 Å². The van der Waals surface area contributed by atoms with Crippen LogP contribution in [0.15, 0.2) is 0 Å². The fourth-order valence-electron chi connectivity index (χ4n) is 2.08. The van der Waals surface area contributed by atoms with Crippen molar-refractivity contribution in [3.8, 4) is 0 Å². The summed E-state index contributed by atoms with van der Waals surface area (Å²) >= 11 is 0. The molecular formula is C10H26O6Si4. The molecule has 0 bridgehead atoms. The third-order valence-electron chi connectivity index (χ3n) is 2.22. The van der Waals surface area contributed by atoms with E-state index in [-0.39, 0.29) is 12.2 Å². The van der Waals surface area contributed by atoms with Gasteiger partial charge in [0.05, 0.1) is 0 Å². The number of rotatable bonds is 4. The number of hydrogen-bond acceptors (Lipinski definition) is 6. The lowest BCUT2D eigenvalue weighted by molar-refractivity contribution is 0.0768. The summed E-state index contributed by atoms with van der Waals surface area (Å²) in [6.45, 7) is 15.5. The molecule has 1 saturated heterocycles. The molecule has 0 aromatic heterocycles. The Balaban J connectivity index is 2.82. The summed E-state index contributed by atoms with van der Waals surface area (Å²) in [5.74, 6) is 0. The van der Waals surface area contributed by atoms with Crippen LogP contribution in [0.4, 0.5) is 0 Å². The minimum absolute atomic E-state index is 0.0474. The molecule has 1 fully saturated rings. The number of hydrogen-bond donors (Lipinski definition) is 0. The molecule has 0 saturated carbocycles. The van der Waals surface area contributed by atoms with Crippen LogP contribution in [0.3, 0.4) is 0 Å². The first kappa shape index (κ1) is 18.7. The van der Waals surface area contributed by atoms with Crippen molar-refractivity contribution in [1.29, 1.82) is 0 Å². The molecule has 20 heavy (non-hydrogen) atoms. The van der Waals surface area contributed by atoms with Crippen molar-refractivity contribution < 1.29 is 25.3 Å². The van der Waals surface area contributed by atoms with Gasteiger partial charge in [-0.15, -0.1) is 0 Å². The van der Waals surface area contributed by atoms with Gasteiger partial charge in [-0.2, -0.15) is 0 Å². The molecular weight excluding hydrogens is 328 g/mol. The molecule has 0 atom stereocenters. The van der Waals surface area contributed by atoms with Gasteiger partial charge in [0.1, 0.15) is 0 Å². The van der Waals surface area contributed by atoms with E-state index in [0.717, 1.165) is 0 Å². The zero-order valence-electron chi connectivity index (χ0n) is 13.6. The largest absolute Gasteiger partial charge is 0.479 e. The lowest BCUT2D eigenvalue weighted by atomic mass is 10.5. The molecule has 0 unspecified atom stereocenters. The third kappa shape index (κ3) is 6.17. The van der Waals surface area contributed by atoms with Crippen molar-refractivity contribution in [2.24, 2.45) is 0 Å². The van der Waals surface area contributed by atoms with Gasteiger partial charge < -0.3 is 25.3 Å². The van der Waals surface area contributed by atoms with Crippen molar-refractivity contribution in [3.63, 3.8) is 0 Å². The van der Waals surface area contributed by atoms with E-state index < -0.39 is 36.2 Å². The first-order chi connectivity index (χ1) is 9.03. The van der Waals surface area contributed by atoms with Crippen LogP contribution in [0.1, 0.15) is 27.7 Å². The third-order valence-corrected chi connectivity index (χ3v) is 14.5. The first-order valence-corrected chi connectivity index (χ1v) is 14.9. The van der Waals surface area contributed by atoms with Crippen LogP contribution in [-0.4, -0.2) is 48.4 Å². The zero-order valence-corrected chi connectivity index (χ0v) is 17.6. The van der Waals surface area contributed by atoms with E-state index in [1.54, 1.807) is 0 Å². The predicted octanol–water partition coefficient (Wildman–Crippen LogP) is 2.29. The maximum absolute atomic E-state index is 6.01. The molecule has 0 N–H and O–H groups in total. The van der Waals surface area contributed by atoms with Crippen LogP contribution < -0.4 is 0 Å². The molecule has 0 aliphatic carbocycles. The van der Waals surface area contributed by atoms with Crippen molar-refractivity contribution in [3.05, 3.63) is 0 Å². The van der Waals surface area contributed by atoms with Gasteiger partial charge in [-0.25, -0.2) is 0 Å². The lowest BCUT2D eigenvalue weighted by Crippen LogP contribution is -2.61. The highest BCUT2D eigenvalue weighted by Crippen LogP contribution is 2.24. The monoisotopic (exact) mass is 354 g/mol. The SMILES string of the molecule is CC(C)O[Si]1(C)O[Si](C)O[Si](C)(OC(C)C)O[Si](C)O1. The van der Waals surface area contributed by atoms with Crippen LogP contribution in [0.2, 0.25) is 26.2 Å². The molecule has 1 aliphatic rings. The standard InChI is InChI=1S/C10H26O6Si4/c1-9(2)11-19(7)13-17(5)15-20(8,12-10(3)4)16-18(6)14-19/h9-10H,1-8H3. The summed E-state index contributed by atoms with van der Waals surface area (Å²) in [6, 6.07) is 0. The van der Waals surface area contributed by atoms with Gasteiger partial charge in [0.25, 0.3) is 0 Å². The van der Waals surface area contributed by atoms with Gasteiger partial charge in [-0.3, -0.25) is 0 Å².